The maximum atomic E-state index is 13.5. The Bertz CT molecular complexity index is 1230. The van der Waals surface area contributed by atoms with E-state index in [1.54, 1.807) is 12.1 Å². The molecule has 33 heavy (non-hydrogen) atoms. The van der Waals surface area contributed by atoms with Gasteiger partial charge < -0.3 is 4.90 Å². The summed E-state index contributed by atoms with van der Waals surface area (Å²) in [6, 6.07) is 15.4. The van der Waals surface area contributed by atoms with Crippen LogP contribution in [0.3, 0.4) is 0 Å². The molecule has 0 unspecified atom stereocenters. The predicted octanol–water partition coefficient (Wildman–Crippen LogP) is 4.79. The second kappa shape index (κ2) is 8.94. The third-order valence-electron chi connectivity index (χ3n) is 6.31. The summed E-state index contributed by atoms with van der Waals surface area (Å²) in [6.45, 7) is 1.25. The Labute approximate surface area is 196 Å². The lowest BCUT2D eigenvalue weighted by Gasteiger charge is -2.33. The highest BCUT2D eigenvalue weighted by Gasteiger charge is 2.33. The van der Waals surface area contributed by atoms with Crippen molar-refractivity contribution in [1.82, 2.24) is 14.7 Å². The molecule has 2 aromatic carbocycles. The first kappa shape index (κ1) is 21.6. The van der Waals surface area contributed by atoms with Crippen LogP contribution in [-0.4, -0.2) is 45.3 Å². The fourth-order valence-electron chi connectivity index (χ4n) is 4.57. The monoisotopic (exact) mass is 462 g/mol. The smallest absolute Gasteiger partial charge is 0.254 e. The number of thiol groups is 1. The van der Waals surface area contributed by atoms with E-state index in [1.807, 2.05) is 35.2 Å². The van der Waals surface area contributed by atoms with Crippen molar-refractivity contribution in [2.75, 3.05) is 13.1 Å². The van der Waals surface area contributed by atoms with Gasteiger partial charge in [-0.05, 0) is 42.7 Å². The predicted molar refractivity (Wildman–Crippen MR) is 128 cm³/mol. The lowest BCUT2D eigenvalue weighted by molar-refractivity contribution is 0.0707. The molecule has 1 fully saturated rings. The minimum Gasteiger partial charge on any atom is -0.339 e. The number of benzene rings is 2. The van der Waals surface area contributed by atoms with Crippen molar-refractivity contribution in [3.8, 4) is 11.1 Å². The molecule has 1 aromatic heterocycles. The van der Waals surface area contributed by atoms with E-state index >= 15 is 0 Å². The molecular weight excluding hydrogens is 439 g/mol. The molecule has 2 aliphatic rings. The Morgan fingerprint density at radius 2 is 1.76 bits per heavy atom. The van der Waals surface area contributed by atoms with Gasteiger partial charge in [0.15, 0.2) is 5.82 Å². The van der Waals surface area contributed by atoms with Crippen LogP contribution >= 0.6 is 12.6 Å². The third kappa shape index (κ3) is 4.11. The first-order valence-corrected chi connectivity index (χ1v) is 11.6. The van der Waals surface area contributed by atoms with Gasteiger partial charge in [-0.25, -0.2) is 9.38 Å². The molecule has 1 saturated heterocycles. The minimum absolute atomic E-state index is 0.0332. The van der Waals surface area contributed by atoms with Gasteiger partial charge in [0.05, 0.1) is 17.7 Å². The van der Waals surface area contributed by atoms with Crippen LogP contribution in [0, 0.1) is 11.7 Å². The van der Waals surface area contributed by atoms with Gasteiger partial charge in [0.25, 0.3) is 11.8 Å². The van der Waals surface area contributed by atoms with Crippen LogP contribution < -0.4 is 0 Å². The van der Waals surface area contributed by atoms with Crippen LogP contribution in [0.15, 0.2) is 59.6 Å². The van der Waals surface area contributed by atoms with Gasteiger partial charge in [-0.3, -0.25) is 9.59 Å². The number of fused-ring (bicyclic) bond motifs is 1. The summed E-state index contributed by atoms with van der Waals surface area (Å²) < 4.78 is 14.8. The van der Waals surface area contributed by atoms with Crippen molar-refractivity contribution in [2.45, 2.75) is 25.0 Å². The lowest BCUT2D eigenvalue weighted by atomic mass is 9.89. The molecule has 6 nitrogen and oxygen atoms in total. The maximum absolute atomic E-state index is 13.5. The van der Waals surface area contributed by atoms with E-state index in [4.69, 9.17) is 4.99 Å². The summed E-state index contributed by atoms with van der Waals surface area (Å²) in [6.07, 6.45) is 1.72. The van der Waals surface area contributed by atoms with Gasteiger partial charge in [-0.15, -0.1) is 0 Å². The fraction of sp³-hybridized carbons (Fsp3) is 0.280. The number of aromatic nitrogens is 2. The zero-order chi connectivity index (χ0) is 22.9. The zero-order valence-electron chi connectivity index (χ0n) is 17.9. The standard InChI is InChI=1S/C25H23FN4O2S/c26-19-8-6-17(7-9-19)23-21(15-33)28-30-22(31)14-20(27-24(23)30)16-10-12-29(13-11-16)25(32)18-4-2-1-3-5-18/h1-9,16,33H,10-15H2. The Kier molecular flexibility index (Phi) is 5.85. The molecule has 0 radical (unpaired) electrons. The van der Waals surface area contributed by atoms with Crippen molar-refractivity contribution < 1.29 is 14.0 Å². The normalized spacial score (nSPS) is 16.5. The van der Waals surface area contributed by atoms with E-state index in [0.717, 1.165) is 24.1 Å². The number of nitrogens with zero attached hydrogens (tertiary/aromatic N) is 4. The van der Waals surface area contributed by atoms with Crippen LogP contribution in [0.2, 0.25) is 0 Å². The molecule has 0 bridgehead atoms. The molecule has 3 heterocycles. The highest BCUT2D eigenvalue weighted by Crippen LogP contribution is 2.38. The quantitative estimate of drug-likeness (QED) is 0.567. The van der Waals surface area contributed by atoms with Crippen LogP contribution in [0.25, 0.3) is 11.1 Å². The number of hydrogen-bond acceptors (Lipinski definition) is 5. The number of likely N-dealkylation sites (tertiary alicyclic amines) is 1. The maximum Gasteiger partial charge on any atom is 0.254 e. The molecule has 0 spiro atoms. The summed E-state index contributed by atoms with van der Waals surface area (Å²) in [5, 5.41) is 4.43. The Morgan fingerprint density at radius 3 is 2.42 bits per heavy atom. The van der Waals surface area contributed by atoms with Crippen LogP contribution in [0.4, 0.5) is 10.2 Å². The molecule has 0 aliphatic carbocycles. The van der Waals surface area contributed by atoms with Gasteiger partial charge >= 0.3 is 0 Å². The second-order valence-corrected chi connectivity index (χ2v) is 8.64. The first-order chi connectivity index (χ1) is 16.0. The van der Waals surface area contributed by atoms with Gasteiger partial charge in [0.2, 0.25) is 0 Å². The van der Waals surface area contributed by atoms with Crippen molar-refractivity contribution >= 4 is 36.0 Å². The summed E-state index contributed by atoms with van der Waals surface area (Å²) >= 11 is 4.37. The van der Waals surface area contributed by atoms with Gasteiger partial charge in [0, 0.05) is 36.0 Å². The molecule has 168 valence electrons. The molecule has 2 aliphatic heterocycles. The average molecular weight is 463 g/mol. The van der Waals surface area contributed by atoms with E-state index in [-0.39, 0.29) is 30.0 Å². The Morgan fingerprint density at radius 1 is 1.06 bits per heavy atom. The number of halogens is 1. The molecule has 5 rings (SSSR count). The van der Waals surface area contributed by atoms with Gasteiger partial charge in [-0.2, -0.15) is 22.4 Å². The summed E-state index contributed by atoms with van der Waals surface area (Å²) in [4.78, 5) is 32.4. The van der Waals surface area contributed by atoms with Crippen molar-refractivity contribution in [1.29, 1.82) is 0 Å². The molecular formula is C25H23FN4O2S. The molecule has 0 atom stereocenters. The number of carbonyl (C=O) groups excluding carboxylic acids is 2. The Balaban J connectivity index is 1.40. The van der Waals surface area contributed by atoms with E-state index in [9.17, 15) is 14.0 Å². The largest absolute Gasteiger partial charge is 0.339 e. The van der Waals surface area contributed by atoms with E-state index in [1.165, 1.54) is 16.8 Å². The van der Waals surface area contributed by atoms with Crippen molar-refractivity contribution in [3.63, 3.8) is 0 Å². The lowest BCUT2D eigenvalue weighted by Crippen LogP contribution is -2.41. The number of hydrogen-bond donors (Lipinski definition) is 1. The minimum atomic E-state index is -0.329. The second-order valence-electron chi connectivity index (χ2n) is 8.33. The highest BCUT2D eigenvalue weighted by molar-refractivity contribution is 7.79. The van der Waals surface area contributed by atoms with Crippen molar-refractivity contribution in [3.05, 3.63) is 71.7 Å². The zero-order valence-corrected chi connectivity index (χ0v) is 18.8. The van der Waals surface area contributed by atoms with Crippen LogP contribution in [0.5, 0.6) is 0 Å². The van der Waals surface area contributed by atoms with Crippen LogP contribution in [0.1, 0.15) is 40.1 Å². The third-order valence-corrected chi connectivity index (χ3v) is 6.61. The molecule has 1 amide bonds. The SMILES string of the molecule is O=C(c1ccccc1)N1CCC(C2=Nc3c(-c4ccc(F)cc4)c(CS)nn3C(=O)C2)CC1. The molecule has 8 heteroatoms. The molecule has 3 aromatic rings. The number of rotatable bonds is 4. The van der Waals surface area contributed by atoms with Crippen LogP contribution in [-0.2, 0) is 5.75 Å². The van der Waals surface area contributed by atoms with E-state index in [2.05, 4.69) is 17.7 Å². The summed E-state index contributed by atoms with van der Waals surface area (Å²) in [5.41, 5.74) is 3.62. The van der Waals surface area contributed by atoms with Gasteiger partial charge in [0.1, 0.15) is 5.82 Å². The van der Waals surface area contributed by atoms with Gasteiger partial charge in [-0.1, -0.05) is 30.3 Å². The number of piperidine rings is 1. The molecule has 0 N–H and O–H groups in total. The summed E-state index contributed by atoms with van der Waals surface area (Å²) in [5.74, 6) is 0.520. The molecule has 0 saturated carbocycles. The topological polar surface area (TPSA) is 67.6 Å². The van der Waals surface area contributed by atoms with E-state index in [0.29, 0.717) is 41.5 Å². The summed E-state index contributed by atoms with van der Waals surface area (Å²) in [7, 11) is 0. The number of amides is 1. The number of aliphatic imine (C=N–C) groups is 1. The van der Waals surface area contributed by atoms with Crippen molar-refractivity contribution in [2.24, 2.45) is 10.9 Å². The van der Waals surface area contributed by atoms with E-state index < -0.39 is 0 Å². The number of carbonyl (C=O) groups is 2. The first-order valence-electron chi connectivity index (χ1n) is 11.0. The average Bonchev–Trinajstić information content (AvgIpc) is 3.24. The fourth-order valence-corrected chi connectivity index (χ4v) is 4.79. The Hall–Kier alpha value is -3.26. The highest BCUT2D eigenvalue weighted by atomic mass is 32.1.